The van der Waals surface area contributed by atoms with Crippen LogP contribution in [0.15, 0.2) is 54.1 Å². The zero-order chi connectivity index (χ0) is 21.7. The van der Waals surface area contributed by atoms with E-state index in [-0.39, 0.29) is 5.57 Å². The topological polar surface area (TPSA) is 85.4 Å². The number of barbiturate groups is 1. The van der Waals surface area contributed by atoms with Crippen molar-refractivity contribution in [2.75, 3.05) is 34.4 Å². The average molecular weight is 410 g/mol. The molecule has 8 heteroatoms. The number of carbonyl (C=O) groups excluding carboxylic acids is 3. The van der Waals surface area contributed by atoms with Gasteiger partial charge in [-0.2, -0.15) is 0 Å². The lowest BCUT2D eigenvalue weighted by Gasteiger charge is -2.28. The predicted molar refractivity (Wildman–Crippen MR) is 109 cm³/mol. The Balaban J connectivity index is 1.70. The van der Waals surface area contributed by atoms with Crippen LogP contribution in [-0.4, -0.2) is 62.1 Å². The first-order valence-electron chi connectivity index (χ1n) is 9.23. The molecule has 0 aromatic heterocycles. The van der Waals surface area contributed by atoms with Crippen molar-refractivity contribution in [2.45, 2.75) is 0 Å². The molecule has 1 heterocycles. The van der Waals surface area contributed by atoms with Gasteiger partial charge in [0.1, 0.15) is 24.5 Å². The van der Waals surface area contributed by atoms with Crippen molar-refractivity contribution >= 4 is 23.9 Å². The van der Waals surface area contributed by atoms with Crippen LogP contribution in [0.2, 0.25) is 0 Å². The van der Waals surface area contributed by atoms with E-state index in [1.807, 2.05) is 30.3 Å². The molecule has 0 unspecified atom stereocenters. The minimum Gasteiger partial charge on any atom is -0.493 e. The fourth-order valence-corrected chi connectivity index (χ4v) is 2.86. The molecule has 2 aromatic rings. The number of hydrogen-bond acceptors (Lipinski definition) is 6. The van der Waals surface area contributed by atoms with Gasteiger partial charge < -0.3 is 14.2 Å². The fourth-order valence-electron chi connectivity index (χ4n) is 2.86. The zero-order valence-electron chi connectivity index (χ0n) is 17.0. The number of amides is 4. The van der Waals surface area contributed by atoms with E-state index >= 15 is 0 Å². The van der Waals surface area contributed by atoms with Gasteiger partial charge in [-0.15, -0.1) is 0 Å². The number of methoxy groups -OCH3 is 1. The maximum atomic E-state index is 12.3. The van der Waals surface area contributed by atoms with Gasteiger partial charge in [0.25, 0.3) is 11.8 Å². The molecule has 3 rings (SSSR count). The van der Waals surface area contributed by atoms with Crippen molar-refractivity contribution in [3.8, 4) is 17.2 Å². The Labute approximate surface area is 174 Å². The highest BCUT2D eigenvalue weighted by Crippen LogP contribution is 2.29. The predicted octanol–water partition coefficient (Wildman–Crippen LogP) is 2.59. The summed E-state index contributed by atoms with van der Waals surface area (Å²) in [6, 6.07) is 13.8. The Kier molecular flexibility index (Phi) is 6.36. The number of benzene rings is 2. The molecule has 0 aliphatic carbocycles. The first-order valence-corrected chi connectivity index (χ1v) is 9.23. The second-order valence-electron chi connectivity index (χ2n) is 6.49. The van der Waals surface area contributed by atoms with Crippen LogP contribution in [0.3, 0.4) is 0 Å². The fraction of sp³-hybridized carbons (Fsp3) is 0.227. The van der Waals surface area contributed by atoms with E-state index in [0.717, 1.165) is 15.5 Å². The van der Waals surface area contributed by atoms with Crippen LogP contribution >= 0.6 is 0 Å². The minimum absolute atomic E-state index is 0.105. The Bertz CT molecular complexity index is 960. The van der Waals surface area contributed by atoms with Crippen molar-refractivity contribution < 1.29 is 28.6 Å². The summed E-state index contributed by atoms with van der Waals surface area (Å²) < 4.78 is 16.7. The first kappa shape index (κ1) is 20.9. The monoisotopic (exact) mass is 410 g/mol. The highest BCUT2D eigenvalue weighted by molar-refractivity contribution is 6.30. The maximum absolute atomic E-state index is 12.3. The Morgan fingerprint density at radius 2 is 1.47 bits per heavy atom. The van der Waals surface area contributed by atoms with Gasteiger partial charge in [-0.25, -0.2) is 4.79 Å². The van der Waals surface area contributed by atoms with Gasteiger partial charge in [0.15, 0.2) is 11.5 Å². The Morgan fingerprint density at radius 1 is 0.833 bits per heavy atom. The van der Waals surface area contributed by atoms with Gasteiger partial charge in [0.2, 0.25) is 0 Å². The molecule has 1 aliphatic heterocycles. The van der Waals surface area contributed by atoms with Crippen LogP contribution in [0.25, 0.3) is 6.08 Å². The molecule has 1 fully saturated rings. The van der Waals surface area contributed by atoms with Gasteiger partial charge in [0.05, 0.1) is 7.11 Å². The third-order valence-electron chi connectivity index (χ3n) is 4.50. The van der Waals surface area contributed by atoms with Crippen LogP contribution in [-0.2, 0) is 9.59 Å². The number of hydrogen-bond donors (Lipinski definition) is 0. The summed E-state index contributed by atoms with van der Waals surface area (Å²) in [5.74, 6) is 0.394. The van der Waals surface area contributed by atoms with E-state index < -0.39 is 17.8 Å². The van der Waals surface area contributed by atoms with Crippen molar-refractivity contribution in [3.05, 3.63) is 59.7 Å². The van der Waals surface area contributed by atoms with Crippen LogP contribution < -0.4 is 14.2 Å². The number of imide groups is 2. The quantitative estimate of drug-likeness (QED) is 0.396. The number of likely N-dealkylation sites (N-methyl/N-ethyl adjacent to an activating group) is 2. The van der Waals surface area contributed by atoms with Crippen molar-refractivity contribution in [3.63, 3.8) is 0 Å². The van der Waals surface area contributed by atoms with E-state index in [1.54, 1.807) is 18.2 Å². The molecule has 1 aliphatic rings. The smallest absolute Gasteiger partial charge is 0.333 e. The second kappa shape index (κ2) is 9.13. The highest BCUT2D eigenvalue weighted by Gasteiger charge is 2.37. The molecule has 0 N–H and O–H groups in total. The first-order chi connectivity index (χ1) is 14.4. The average Bonchev–Trinajstić information content (AvgIpc) is 2.78. The van der Waals surface area contributed by atoms with E-state index in [1.165, 1.54) is 27.3 Å². The molecule has 0 atom stereocenters. The number of ether oxygens (including phenoxy) is 3. The van der Waals surface area contributed by atoms with Gasteiger partial charge >= 0.3 is 6.03 Å². The van der Waals surface area contributed by atoms with Gasteiger partial charge in [-0.3, -0.25) is 19.4 Å². The molecule has 2 aromatic carbocycles. The van der Waals surface area contributed by atoms with Crippen LogP contribution in [0.5, 0.6) is 17.2 Å². The lowest BCUT2D eigenvalue weighted by molar-refractivity contribution is -0.134. The Hall–Kier alpha value is -3.81. The summed E-state index contributed by atoms with van der Waals surface area (Å²) in [5, 5.41) is 0. The Morgan fingerprint density at radius 3 is 2.10 bits per heavy atom. The minimum atomic E-state index is -0.666. The van der Waals surface area contributed by atoms with Crippen molar-refractivity contribution in [2.24, 2.45) is 0 Å². The van der Waals surface area contributed by atoms with Gasteiger partial charge in [0, 0.05) is 14.1 Å². The third kappa shape index (κ3) is 4.43. The molecular weight excluding hydrogens is 388 g/mol. The molecule has 30 heavy (non-hydrogen) atoms. The largest absolute Gasteiger partial charge is 0.493 e. The molecule has 156 valence electrons. The van der Waals surface area contributed by atoms with E-state index in [9.17, 15) is 14.4 Å². The van der Waals surface area contributed by atoms with E-state index in [2.05, 4.69) is 0 Å². The molecule has 0 spiro atoms. The number of para-hydroxylation sites is 1. The van der Waals surface area contributed by atoms with Crippen LogP contribution in [0.1, 0.15) is 5.56 Å². The molecule has 1 saturated heterocycles. The molecule has 0 saturated carbocycles. The molecule has 8 nitrogen and oxygen atoms in total. The number of urea groups is 1. The highest BCUT2D eigenvalue weighted by atomic mass is 16.5. The molecule has 0 bridgehead atoms. The molecular formula is C22H22N2O6. The van der Waals surface area contributed by atoms with Crippen LogP contribution in [0.4, 0.5) is 4.79 Å². The summed E-state index contributed by atoms with van der Waals surface area (Å²) in [6.07, 6.45) is 1.43. The SMILES string of the molecule is COc1cc(C=C2C(=O)N(C)C(=O)N(C)C2=O)ccc1OCCOc1ccccc1. The summed E-state index contributed by atoms with van der Waals surface area (Å²) in [4.78, 5) is 38.3. The summed E-state index contributed by atoms with van der Waals surface area (Å²) in [5.41, 5.74) is 0.458. The summed E-state index contributed by atoms with van der Waals surface area (Å²) >= 11 is 0. The van der Waals surface area contributed by atoms with Gasteiger partial charge in [-0.1, -0.05) is 24.3 Å². The van der Waals surface area contributed by atoms with E-state index in [0.29, 0.717) is 30.3 Å². The van der Waals surface area contributed by atoms with Gasteiger partial charge in [-0.05, 0) is 35.9 Å². The number of nitrogens with zero attached hydrogens (tertiary/aromatic N) is 2. The zero-order valence-corrected chi connectivity index (χ0v) is 17.0. The van der Waals surface area contributed by atoms with Crippen LogP contribution in [0, 0.1) is 0 Å². The maximum Gasteiger partial charge on any atom is 0.333 e. The van der Waals surface area contributed by atoms with E-state index in [4.69, 9.17) is 14.2 Å². The number of rotatable bonds is 7. The van der Waals surface area contributed by atoms with Crippen molar-refractivity contribution in [1.82, 2.24) is 9.80 Å². The molecule has 0 radical (unpaired) electrons. The third-order valence-corrected chi connectivity index (χ3v) is 4.50. The number of carbonyl (C=O) groups is 3. The lowest BCUT2D eigenvalue weighted by Crippen LogP contribution is -2.52. The standard InChI is InChI=1S/C22H22N2O6/c1-23-20(25)17(21(26)24(2)22(23)27)13-15-9-10-18(19(14-15)28-3)30-12-11-29-16-7-5-4-6-8-16/h4-10,13-14H,11-12H2,1-3H3. The summed E-state index contributed by atoms with van der Waals surface area (Å²) in [6.45, 7) is 0.662. The van der Waals surface area contributed by atoms with Crippen molar-refractivity contribution in [1.29, 1.82) is 0 Å². The lowest BCUT2D eigenvalue weighted by atomic mass is 10.1. The second-order valence-corrected chi connectivity index (χ2v) is 6.49. The normalized spacial score (nSPS) is 14.1. The molecule has 4 amide bonds. The summed E-state index contributed by atoms with van der Waals surface area (Å²) in [7, 11) is 4.16.